The van der Waals surface area contributed by atoms with Crippen LogP contribution in [0.3, 0.4) is 0 Å². The molecule has 0 aliphatic carbocycles. The molecule has 5 aromatic rings. The molecule has 1 aliphatic heterocycles. The van der Waals surface area contributed by atoms with E-state index in [9.17, 15) is 4.79 Å². The number of fused-ring (bicyclic) bond motifs is 1. The van der Waals surface area contributed by atoms with Crippen molar-refractivity contribution in [1.29, 1.82) is 0 Å². The Morgan fingerprint density at radius 3 is 2.67 bits per heavy atom. The van der Waals surface area contributed by atoms with Crippen LogP contribution in [0.25, 0.3) is 34.3 Å². The number of halogens is 2. The monoisotopic (exact) mass is 574 g/mol. The molecule has 3 heterocycles. The van der Waals surface area contributed by atoms with Crippen molar-refractivity contribution in [3.05, 3.63) is 100.0 Å². The zero-order chi connectivity index (χ0) is 26.8. The number of rotatable bonds is 6. The summed E-state index contributed by atoms with van der Waals surface area (Å²) in [7, 11) is 0. The van der Waals surface area contributed by atoms with Gasteiger partial charge < -0.3 is 9.47 Å². The minimum absolute atomic E-state index is 0.325. The number of para-hydroxylation sites is 1. The summed E-state index contributed by atoms with van der Waals surface area (Å²) >= 11 is 13.7. The van der Waals surface area contributed by atoms with Crippen molar-refractivity contribution in [2.24, 2.45) is 0 Å². The fourth-order valence-electron chi connectivity index (χ4n) is 4.10. The minimum Gasteiger partial charge on any atom is -0.486 e. The number of carbonyl (C=O) groups excluding carboxylic acids is 1. The third kappa shape index (κ3) is 5.54. The van der Waals surface area contributed by atoms with E-state index in [2.05, 4.69) is 10.3 Å². The molecule has 1 amide bonds. The van der Waals surface area contributed by atoms with Gasteiger partial charge in [-0.3, -0.25) is 10.1 Å². The molecule has 0 radical (unpaired) electrons. The number of carbonyl (C=O) groups is 1. The quantitative estimate of drug-likeness (QED) is 0.214. The summed E-state index contributed by atoms with van der Waals surface area (Å²) in [4.78, 5) is 17.3. The number of hydrogen-bond donors (Lipinski definition) is 1. The second kappa shape index (κ2) is 10.9. The van der Waals surface area contributed by atoms with E-state index in [0.717, 1.165) is 16.8 Å². The lowest BCUT2D eigenvalue weighted by Gasteiger charge is -2.18. The van der Waals surface area contributed by atoms with Crippen molar-refractivity contribution in [1.82, 2.24) is 14.8 Å². The number of amides is 1. The van der Waals surface area contributed by atoms with Crippen molar-refractivity contribution < 1.29 is 14.3 Å². The molecule has 2 aromatic heterocycles. The zero-order valence-corrected chi connectivity index (χ0v) is 22.6. The van der Waals surface area contributed by atoms with Crippen LogP contribution in [0.1, 0.15) is 5.56 Å². The Labute approximate surface area is 238 Å². The number of thiazole rings is 1. The molecule has 0 fully saturated rings. The van der Waals surface area contributed by atoms with Gasteiger partial charge in [0.05, 0.1) is 16.4 Å². The molecule has 1 N–H and O–H groups in total. The molecule has 39 heavy (non-hydrogen) atoms. The van der Waals surface area contributed by atoms with Crippen LogP contribution >= 0.6 is 34.5 Å². The van der Waals surface area contributed by atoms with Crippen molar-refractivity contribution in [2.45, 2.75) is 0 Å². The Morgan fingerprint density at radius 2 is 1.82 bits per heavy atom. The molecule has 7 nitrogen and oxygen atoms in total. The number of hydrogen-bond acceptors (Lipinski definition) is 6. The molecule has 6 rings (SSSR count). The molecule has 0 bridgehead atoms. The number of benzene rings is 3. The van der Waals surface area contributed by atoms with Crippen LogP contribution < -0.4 is 14.8 Å². The summed E-state index contributed by atoms with van der Waals surface area (Å²) in [5, 5.41) is 11.0. The van der Waals surface area contributed by atoms with E-state index in [4.69, 9.17) is 37.8 Å². The number of nitrogens with one attached hydrogen (secondary N) is 1. The van der Waals surface area contributed by atoms with Gasteiger partial charge in [0.25, 0.3) is 0 Å². The van der Waals surface area contributed by atoms with Gasteiger partial charge in [-0.1, -0.05) is 41.4 Å². The van der Waals surface area contributed by atoms with E-state index in [0.29, 0.717) is 56.8 Å². The first-order chi connectivity index (χ1) is 19.0. The molecule has 0 saturated carbocycles. The largest absolute Gasteiger partial charge is 0.486 e. The highest BCUT2D eigenvalue weighted by molar-refractivity contribution is 7.14. The molecule has 0 saturated heterocycles. The van der Waals surface area contributed by atoms with Crippen LogP contribution in [0.2, 0.25) is 10.0 Å². The van der Waals surface area contributed by atoms with Gasteiger partial charge in [-0.25, -0.2) is 9.67 Å². The first kappa shape index (κ1) is 25.2. The van der Waals surface area contributed by atoms with E-state index >= 15 is 0 Å². The van der Waals surface area contributed by atoms with Crippen LogP contribution in [-0.4, -0.2) is 33.9 Å². The Bertz CT molecular complexity index is 1700. The van der Waals surface area contributed by atoms with Crippen LogP contribution in [0.4, 0.5) is 5.13 Å². The Hall–Kier alpha value is -4.11. The normalized spacial score (nSPS) is 12.6. The summed E-state index contributed by atoms with van der Waals surface area (Å²) in [6.45, 7) is 1.01. The molecule has 1 aliphatic rings. The standard InChI is InChI=1S/C29H20Cl2N4O3S/c30-20-8-9-23(31)22(15-20)24-17-39-29(32-24)33-27(36)11-7-19-16-35(21-4-2-1-3-5-21)34-28(19)18-6-10-25-26(14-18)38-13-12-37-25/h1-11,14-17H,12-13H2,(H,32,33,36)/b11-7+. The van der Waals surface area contributed by atoms with Crippen LogP contribution in [0, 0.1) is 0 Å². The second-order valence-electron chi connectivity index (χ2n) is 8.56. The highest BCUT2D eigenvalue weighted by Gasteiger charge is 2.17. The molecule has 0 spiro atoms. The molecule has 0 atom stereocenters. The lowest BCUT2D eigenvalue weighted by molar-refractivity contribution is -0.111. The molecule has 3 aromatic carbocycles. The fourth-order valence-corrected chi connectivity index (χ4v) is 5.20. The van der Waals surface area contributed by atoms with E-state index < -0.39 is 0 Å². The molecule has 0 unspecified atom stereocenters. The first-order valence-electron chi connectivity index (χ1n) is 12.0. The third-order valence-corrected chi connectivity index (χ3v) is 7.25. The molecule has 194 valence electrons. The van der Waals surface area contributed by atoms with Crippen molar-refractivity contribution in [3.63, 3.8) is 0 Å². The van der Waals surface area contributed by atoms with E-state index in [-0.39, 0.29) is 5.91 Å². The van der Waals surface area contributed by atoms with Crippen molar-refractivity contribution in [2.75, 3.05) is 18.5 Å². The predicted octanol–water partition coefficient (Wildman–Crippen LogP) is 7.39. The lowest BCUT2D eigenvalue weighted by atomic mass is 10.1. The maximum atomic E-state index is 12.8. The Kier molecular flexibility index (Phi) is 7.06. The van der Waals surface area contributed by atoms with E-state index in [1.807, 2.05) is 60.1 Å². The number of ether oxygens (including phenoxy) is 2. The van der Waals surface area contributed by atoms with Gasteiger partial charge in [-0.05, 0) is 54.6 Å². The summed E-state index contributed by atoms with van der Waals surface area (Å²) < 4.78 is 13.2. The Balaban J connectivity index is 1.27. The average Bonchev–Trinajstić information content (AvgIpc) is 3.61. The van der Waals surface area contributed by atoms with Gasteiger partial charge in [0.15, 0.2) is 16.6 Å². The summed E-state index contributed by atoms with van der Waals surface area (Å²) in [5.74, 6) is 1.04. The average molecular weight is 575 g/mol. The van der Waals surface area contributed by atoms with Crippen molar-refractivity contribution in [3.8, 4) is 39.7 Å². The van der Waals surface area contributed by atoms with Gasteiger partial charge in [0.1, 0.15) is 18.9 Å². The number of aromatic nitrogens is 3. The fraction of sp³-hybridized carbons (Fsp3) is 0.0690. The van der Waals surface area contributed by atoms with E-state index in [1.54, 1.807) is 29.0 Å². The van der Waals surface area contributed by atoms with Gasteiger partial charge in [0, 0.05) is 39.4 Å². The first-order valence-corrected chi connectivity index (χ1v) is 13.6. The molecular weight excluding hydrogens is 555 g/mol. The maximum absolute atomic E-state index is 12.8. The summed E-state index contributed by atoms with van der Waals surface area (Å²) in [5.41, 5.74) is 4.54. The zero-order valence-electron chi connectivity index (χ0n) is 20.3. The number of anilines is 1. The second-order valence-corrected chi connectivity index (χ2v) is 10.3. The van der Waals surface area contributed by atoms with Gasteiger partial charge in [-0.15, -0.1) is 11.3 Å². The summed E-state index contributed by atoms with van der Waals surface area (Å²) in [6, 6.07) is 20.7. The molecule has 10 heteroatoms. The van der Waals surface area contributed by atoms with E-state index in [1.165, 1.54) is 17.4 Å². The lowest BCUT2D eigenvalue weighted by Crippen LogP contribution is -2.15. The molecular formula is C29H20Cl2N4O3S. The summed E-state index contributed by atoms with van der Waals surface area (Å²) in [6.07, 6.45) is 5.07. The highest BCUT2D eigenvalue weighted by atomic mass is 35.5. The number of nitrogens with zero attached hydrogens (tertiary/aromatic N) is 3. The van der Waals surface area contributed by atoms with Crippen LogP contribution in [-0.2, 0) is 4.79 Å². The maximum Gasteiger partial charge on any atom is 0.250 e. The van der Waals surface area contributed by atoms with Crippen LogP contribution in [0.5, 0.6) is 11.5 Å². The highest BCUT2D eigenvalue weighted by Crippen LogP contribution is 2.36. The minimum atomic E-state index is -0.325. The topological polar surface area (TPSA) is 78.3 Å². The van der Waals surface area contributed by atoms with Gasteiger partial charge >= 0.3 is 0 Å². The SMILES string of the molecule is O=C(/C=C/c1cn(-c2ccccc2)nc1-c1ccc2c(c1)OCCO2)Nc1nc(-c2cc(Cl)ccc2Cl)cs1. The Morgan fingerprint density at radius 1 is 1.00 bits per heavy atom. The van der Waals surface area contributed by atoms with Gasteiger partial charge in [-0.2, -0.15) is 5.10 Å². The smallest absolute Gasteiger partial charge is 0.250 e. The van der Waals surface area contributed by atoms with Gasteiger partial charge in [0.2, 0.25) is 5.91 Å². The predicted molar refractivity (Wildman–Crippen MR) is 155 cm³/mol. The van der Waals surface area contributed by atoms with Crippen molar-refractivity contribution >= 4 is 51.7 Å². The van der Waals surface area contributed by atoms with Crippen LogP contribution in [0.15, 0.2) is 84.4 Å². The third-order valence-electron chi connectivity index (χ3n) is 5.93.